The fraction of sp³-hybridized carbons (Fsp3) is 0.368. The number of phenols is 1. The molecular weight excluding hydrogens is 343 g/mol. The van der Waals surface area contributed by atoms with E-state index in [-0.39, 0.29) is 24.2 Å². The summed E-state index contributed by atoms with van der Waals surface area (Å²) in [6.45, 7) is 3.24. The number of aryl methyl sites for hydroxylation is 1. The van der Waals surface area contributed by atoms with Crippen LogP contribution >= 0.6 is 0 Å². The first-order chi connectivity index (χ1) is 12.2. The Morgan fingerprint density at radius 1 is 1.19 bits per heavy atom. The number of cyclic esters (lactones) is 1. The number of aliphatic hydroxyl groups is 2. The molecule has 0 saturated carbocycles. The summed E-state index contributed by atoms with van der Waals surface area (Å²) in [4.78, 5) is 24.2. The van der Waals surface area contributed by atoms with Gasteiger partial charge in [0.15, 0.2) is 5.83 Å². The summed E-state index contributed by atoms with van der Waals surface area (Å²) >= 11 is 0. The lowest BCUT2D eigenvalue weighted by Gasteiger charge is -2.17. The number of esters is 1. The normalized spacial score (nSPS) is 28.3. The van der Waals surface area contributed by atoms with E-state index in [4.69, 9.17) is 4.74 Å². The lowest BCUT2D eigenvalue weighted by atomic mass is 10.00. The predicted molar refractivity (Wildman–Crippen MR) is 92.2 cm³/mol. The zero-order valence-electron chi connectivity index (χ0n) is 14.5. The molecule has 2 rings (SSSR count). The molecule has 1 aliphatic heterocycles. The highest BCUT2D eigenvalue weighted by Crippen LogP contribution is 2.27. The number of carbonyl (C=O) groups excluding carboxylic acids is 2. The molecule has 26 heavy (non-hydrogen) atoms. The summed E-state index contributed by atoms with van der Waals surface area (Å²) in [5, 5.41) is 29.8. The van der Waals surface area contributed by atoms with E-state index >= 15 is 0 Å². The number of phenolic OH excluding ortho intramolecular Hbond substituents is 1. The second kappa shape index (κ2) is 8.25. The van der Waals surface area contributed by atoms with Gasteiger partial charge in [0.05, 0.1) is 6.10 Å². The van der Waals surface area contributed by atoms with Crippen LogP contribution in [0, 0.1) is 6.92 Å². The number of carbonyl (C=O) groups is 2. The SMILES string of the molecule is Cc1cc(O)c2c(c1)/C=C/C[C@H](O)[C@H](O)C(=O)/C(F)=C\C[C@H](C)OC2=O. The maximum atomic E-state index is 13.8. The third-order valence-corrected chi connectivity index (χ3v) is 3.98. The van der Waals surface area contributed by atoms with Crippen molar-refractivity contribution in [3.63, 3.8) is 0 Å². The molecule has 7 heteroatoms. The highest BCUT2D eigenvalue weighted by Gasteiger charge is 2.27. The third kappa shape index (κ3) is 4.56. The predicted octanol–water partition coefficient (Wildman–Crippen LogP) is 2.20. The van der Waals surface area contributed by atoms with Gasteiger partial charge in [-0.15, -0.1) is 0 Å². The maximum Gasteiger partial charge on any atom is 0.342 e. The zero-order valence-corrected chi connectivity index (χ0v) is 14.5. The third-order valence-electron chi connectivity index (χ3n) is 3.98. The first-order valence-corrected chi connectivity index (χ1v) is 8.17. The number of fused-ring (bicyclic) bond motifs is 1. The quantitative estimate of drug-likeness (QED) is 0.610. The molecule has 1 aromatic carbocycles. The lowest BCUT2D eigenvalue weighted by molar-refractivity contribution is -0.130. The van der Waals surface area contributed by atoms with Gasteiger partial charge in [0, 0.05) is 6.42 Å². The molecule has 3 N–H and O–H groups in total. The van der Waals surface area contributed by atoms with Crippen LogP contribution in [0.15, 0.2) is 30.1 Å². The number of Topliss-reactive ketones (excluding diaryl/α,β-unsaturated/α-hetero) is 1. The molecule has 0 amide bonds. The molecule has 0 fully saturated rings. The molecule has 0 aliphatic carbocycles. The molecule has 6 nitrogen and oxygen atoms in total. The minimum atomic E-state index is -1.90. The number of hydrogen-bond donors (Lipinski definition) is 3. The van der Waals surface area contributed by atoms with E-state index in [1.54, 1.807) is 13.0 Å². The Labute approximate surface area is 150 Å². The Morgan fingerprint density at radius 2 is 1.88 bits per heavy atom. The Bertz CT molecular complexity index is 768. The minimum absolute atomic E-state index is 0.0497. The smallest absolute Gasteiger partial charge is 0.342 e. The number of hydrogen-bond acceptors (Lipinski definition) is 6. The van der Waals surface area contributed by atoms with Crippen LogP contribution in [-0.2, 0) is 9.53 Å². The summed E-state index contributed by atoms with van der Waals surface area (Å²) in [5.74, 6) is -3.48. The Kier molecular flexibility index (Phi) is 6.28. The molecule has 1 aliphatic rings. The van der Waals surface area contributed by atoms with E-state index in [1.165, 1.54) is 25.1 Å². The molecule has 3 atom stereocenters. The van der Waals surface area contributed by atoms with Crippen LogP contribution in [-0.4, -0.2) is 45.4 Å². The fourth-order valence-corrected chi connectivity index (χ4v) is 2.59. The number of rotatable bonds is 0. The van der Waals surface area contributed by atoms with Crippen LogP contribution in [0.2, 0.25) is 0 Å². The van der Waals surface area contributed by atoms with Crippen molar-refractivity contribution in [3.05, 3.63) is 46.8 Å². The first-order valence-electron chi connectivity index (χ1n) is 8.17. The van der Waals surface area contributed by atoms with Gasteiger partial charge in [0.2, 0.25) is 5.78 Å². The molecule has 1 aromatic rings. The van der Waals surface area contributed by atoms with Gasteiger partial charge < -0.3 is 20.1 Å². The lowest BCUT2D eigenvalue weighted by Crippen LogP contribution is -2.34. The average Bonchev–Trinajstić information content (AvgIpc) is 2.56. The van der Waals surface area contributed by atoms with Gasteiger partial charge in [-0.3, -0.25) is 4.79 Å². The zero-order chi connectivity index (χ0) is 19.4. The second-order valence-electron chi connectivity index (χ2n) is 6.27. The van der Waals surface area contributed by atoms with Gasteiger partial charge in [-0.2, -0.15) is 0 Å². The van der Waals surface area contributed by atoms with Gasteiger partial charge in [0.1, 0.15) is 23.5 Å². The molecule has 0 radical (unpaired) electrons. The topological polar surface area (TPSA) is 104 Å². The standard InChI is InChI=1S/C19H21FO6/c1-10-8-12-4-3-5-14(21)18(24)17(23)13(20)7-6-11(2)26-19(25)16(12)15(22)9-10/h3-4,7-9,11,14,18,21-22,24H,5-6H2,1-2H3/b4-3+,13-7+/t11-,14-,18-/m0/s1. The van der Waals surface area contributed by atoms with Crippen molar-refractivity contribution in [2.75, 3.05) is 0 Å². The van der Waals surface area contributed by atoms with Gasteiger partial charge in [-0.1, -0.05) is 18.2 Å². The van der Waals surface area contributed by atoms with Crippen LogP contribution in [0.25, 0.3) is 6.08 Å². The number of benzene rings is 1. The van der Waals surface area contributed by atoms with Crippen molar-refractivity contribution < 1.29 is 34.0 Å². The summed E-state index contributed by atoms with van der Waals surface area (Å²) in [5.41, 5.74) is 1.02. The van der Waals surface area contributed by atoms with Gasteiger partial charge in [0.25, 0.3) is 0 Å². The summed E-state index contributed by atoms with van der Waals surface area (Å²) < 4.78 is 19.0. The Balaban J connectivity index is 2.46. The van der Waals surface area contributed by atoms with E-state index in [9.17, 15) is 29.3 Å². The Hall–Kier alpha value is -2.51. The molecule has 140 valence electrons. The van der Waals surface area contributed by atoms with Gasteiger partial charge in [-0.05, 0) is 43.5 Å². The second-order valence-corrected chi connectivity index (χ2v) is 6.27. The van der Waals surface area contributed by atoms with Crippen molar-refractivity contribution in [1.29, 1.82) is 0 Å². The molecule has 0 aromatic heterocycles. The molecule has 0 spiro atoms. The van der Waals surface area contributed by atoms with Crippen LogP contribution in [0.4, 0.5) is 4.39 Å². The van der Waals surface area contributed by atoms with E-state index < -0.39 is 35.9 Å². The number of halogens is 1. The van der Waals surface area contributed by atoms with Crippen molar-refractivity contribution in [2.45, 2.75) is 45.0 Å². The fourth-order valence-electron chi connectivity index (χ4n) is 2.59. The Morgan fingerprint density at radius 3 is 2.58 bits per heavy atom. The van der Waals surface area contributed by atoms with Crippen LogP contribution in [0.5, 0.6) is 5.75 Å². The highest BCUT2D eigenvalue weighted by molar-refractivity contribution is 5.98. The van der Waals surface area contributed by atoms with Crippen LogP contribution in [0.1, 0.15) is 41.3 Å². The van der Waals surface area contributed by atoms with E-state index in [0.717, 1.165) is 6.08 Å². The molecule has 1 heterocycles. The number of aliphatic hydroxyl groups excluding tert-OH is 2. The van der Waals surface area contributed by atoms with Gasteiger partial charge in [-0.25, -0.2) is 9.18 Å². The van der Waals surface area contributed by atoms with E-state index in [0.29, 0.717) is 11.1 Å². The molecule has 0 saturated heterocycles. The summed E-state index contributed by atoms with van der Waals surface area (Å²) in [6.07, 6.45) is -0.662. The number of ketones is 1. The molecular formula is C19H21FO6. The average molecular weight is 364 g/mol. The monoisotopic (exact) mass is 364 g/mol. The molecule has 0 unspecified atom stereocenters. The van der Waals surface area contributed by atoms with Crippen molar-refractivity contribution in [3.8, 4) is 5.75 Å². The van der Waals surface area contributed by atoms with E-state index in [2.05, 4.69) is 0 Å². The van der Waals surface area contributed by atoms with Crippen molar-refractivity contribution in [2.24, 2.45) is 0 Å². The van der Waals surface area contributed by atoms with Gasteiger partial charge >= 0.3 is 5.97 Å². The van der Waals surface area contributed by atoms with Crippen LogP contribution in [0.3, 0.4) is 0 Å². The van der Waals surface area contributed by atoms with E-state index in [1.807, 2.05) is 0 Å². The first kappa shape index (κ1) is 19.8. The van der Waals surface area contributed by atoms with Crippen molar-refractivity contribution in [1.82, 2.24) is 0 Å². The highest BCUT2D eigenvalue weighted by atomic mass is 19.1. The maximum absolute atomic E-state index is 13.8. The number of ether oxygens (including phenoxy) is 1. The summed E-state index contributed by atoms with van der Waals surface area (Å²) in [6, 6.07) is 3.06. The van der Waals surface area contributed by atoms with Crippen molar-refractivity contribution >= 4 is 17.8 Å². The summed E-state index contributed by atoms with van der Waals surface area (Å²) in [7, 11) is 0. The number of aromatic hydroxyl groups is 1. The largest absolute Gasteiger partial charge is 0.507 e. The van der Waals surface area contributed by atoms with Crippen LogP contribution < -0.4 is 0 Å². The molecule has 0 bridgehead atoms. The minimum Gasteiger partial charge on any atom is -0.507 e.